The number of hydrogen-bond donors (Lipinski definition) is 0. The van der Waals surface area contributed by atoms with Crippen molar-refractivity contribution >= 4 is 17.8 Å². The van der Waals surface area contributed by atoms with Crippen LogP contribution < -0.4 is 4.74 Å². The Morgan fingerprint density at radius 3 is 2.59 bits per heavy atom. The van der Waals surface area contributed by atoms with Crippen LogP contribution in [0.5, 0.6) is 5.75 Å². The smallest absolute Gasteiger partial charge is 0.338 e. The molecule has 0 N–H and O–H groups in total. The maximum Gasteiger partial charge on any atom is 0.338 e. The monoisotopic (exact) mass is 461 g/mol. The fourth-order valence-corrected chi connectivity index (χ4v) is 4.52. The molecule has 0 bridgehead atoms. The minimum Gasteiger partial charge on any atom is -0.496 e. The molecule has 3 aromatic rings. The van der Waals surface area contributed by atoms with E-state index in [2.05, 4.69) is 10.1 Å². The van der Waals surface area contributed by atoms with Gasteiger partial charge in [0.05, 0.1) is 29.4 Å². The summed E-state index contributed by atoms with van der Waals surface area (Å²) in [5.41, 5.74) is 1.39. The normalized spacial score (nSPS) is 16.0. The van der Waals surface area contributed by atoms with Gasteiger partial charge in [-0.2, -0.15) is 4.98 Å². The third-order valence-corrected chi connectivity index (χ3v) is 6.24. The molecular weight excluding hydrogens is 438 g/mol. The second-order valence-corrected chi connectivity index (χ2v) is 8.32. The fourth-order valence-electron chi connectivity index (χ4n) is 4.52. The van der Waals surface area contributed by atoms with Gasteiger partial charge in [-0.05, 0) is 43.2 Å². The molecule has 1 saturated carbocycles. The first-order valence-corrected chi connectivity index (χ1v) is 11.2. The van der Waals surface area contributed by atoms with E-state index in [4.69, 9.17) is 14.0 Å². The van der Waals surface area contributed by atoms with Crippen LogP contribution in [-0.4, -0.2) is 46.0 Å². The van der Waals surface area contributed by atoms with Crippen molar-refractivity contribution in [3.8, 4) is 17.1 Å². The number of amides is 2. The van der Waals surface area contributed by atoms with E-state index in [1.807, 2.05) is 12.1 Å². The Balaban J connectivity index is 1.27. The fraction of sp³-hybridized carbons (Fsp3) is 0.320. The van der Waals surface area contributed by atoms with Crippen LogP contribution in [0.1, 0.15) is 69.1 Å². The van der Waals surface area contributed by atoms with Gasteiger partial charge in [0, 0.05) is 6.04 Å². The van der Waals surface area contributed by atoms with E-state index in [-0.39, 0.29) is 41.5 Å². The van der Waals surface area contributed by atoms with Gasteiger partial charge in [0.1, 0.15) is 5.75 Å². The van der Waals surface area contributed by atoms with Crippen molar-refractivity contribution in [1.82, 2.24) is 15.0 Å². The Morgan fingerprint density at radius 1 is 1.03 bits per heavy atom. The van der Waals surface area contributed by atoms with Crippen LogP contribution in [-0.2, 0) is 11.3 Å². The van der Waals surface area contributed by atoms with Gasteiger partial charge in [0.15, 0.2) is 6.61 Å². The van der Waals surface area contributed by atoms with E-state index in [0.29, 0.717) is 22.7 Å². The molecule has 1 aliphatic heterocycles. The Morgan fingerprint density at radius 2 is 1.79 bits per heavy atom. The van der Waals surface area contributed by atoms with Crippen molar-refractivity contribution in [2.45, 2.75) is 44.8 Å². The number of imide groups is 1. The predicted molar refractivity (Wildman–Crippen MR) is 119 cm³/mol. The molecule has 0 radical (unpaired) electrons. The van der Waals surface area contributed by atoms with E-state index in [1.165, 1.54) is 23.1 Å². The van der Waals surface area contributed by atoms with Gasteiger partial charge in [-0.25, -0.2) is 4.79 Å². The molecule has 2 aliphatic rings. The lowest BCUT2D eigenvalue weighted by Crippen LogP contribution is -2.40. The predicted octanol–water partition coefficient (Wildman–Crippen LogP) is 4.03. The average Bonchev–Trinajstić information content (AvgIpc) is 3.45. The Labute approximate surface area is 195 Å². The van der Waals surface area contributed by atoms with Gasteiger partial charge in [-0.3, -0.25) is 14.5 Å². The van der Waals surface area contributed by atoms with Gasteiger partial charge >= 0.3 is 5.97 Å². The molecule has 1 aliphatic carbocycles. The highest BCUT2D eigenvalue weighted by Crippen LogP contribution is 2.32. The second-order valence-electron chi connectivity index (χ2n) is 8.32. The zero-order valence-electron chi connectivity index (χ0n) is 18.7. The standard InChI is InChI=1S/C25H23N3O6/c1-32-20-10-6-5-9-18(20)22-26-21(34-27-22)14-33-25(31)15-11-12-17-19(13-15)24(30)28(23(17)29)16-7-3-2-4-8-16/h5-6,9-13,16H,2-4,7-8,14H2,1H3. The number of carbonyl (C=O) groups is 3. The highest BCUT2D eigenvalue weighted by molar-refractivity contribution is 6.22. The van der Waals surface area contributed by atoms with E-state index in [0.717, 1.165) is 32.1 Å². The number of hydrogen-bond acceptors (Lipinski definition) is 8. The van der Waals surface area contributed by atoms with Gasteiger partial charge in [0.2, 0.25) is 5.82 Å². The first-order valence-electron chi connectivity index (χ1n) is 11.2. The Kier molecular flexibility index (Phi) is 5.83. The lowest BCUT2D eigenvalue weighted by Gasteiger charge is -2.29. The third kappa shape index (κ3) is 3.93. The molecule has 0 unspecified atom stereocenters. The van der Waals surface area contributed by atoms with Gasteiger partial charge < -0.3 is 14.0 Å². The van der Waals surface area contributed by atoms with E-state index < -0.39 is 5.97 Å². The Bertz CT molecular complexity index is 1260. The first-order chi connectivity index (χ1) is 16.6. The molecule has 0 saturated heterocycles. The molecule has 0 spiro atoms. The molecule has 174 valence electrons. The number of para-hydroxylation sites is 1. The minimum absolute atomic E-state index is 0.0773. The van der Waals surface area contributed by atoms with E-state index in [9.17, 15) is 14.4 Å². The number of ether oxygens (including phenoxy) is 2. The minimum atomic E-state index is -0.656. The molecule has 1 fully saturated rings. The van der Waals surface area contributed by atoms with Gasteiger partial charge in [-0.15, -0.1) is 0 Å². The van der Waals surface area contributed by atoms with Crippen LogP contribution in [0.2, 0.25) is 0 Å². The number of fused-ring (bicyclic) bond motifs is 1. The van der Waals surface area contributed by atoms with Crippen LogP contribution in [0.3, 0.4) is 0 Å². The zero-order valence-corrected chi connectivity index (χ0v) is 18.7. The summed E-state index contributed by atoms with van der Waals surface area (Å²) < 4.78 is 15.8. The molecule has 9 heteroatoms. The van der Waals surface area contributed by atoms with E-state index in [1.54, 1.807) is 19.2 Å². The lowest BCUT2D eigenvalue weighted by atomic mass is 9.94. The van der Waals surface area contributed by atoms with Crippen molar-refractivity contribution in [1.29, 1.82) is 0 Å². The summed E-state index contributed by atoms with van der Waals surface area (Å²) >= 11 is 0. The number of esters is 1. The van der Waals surface area contributed by atoms with Crippen LogP contribution in [0.4, 0.5) is 0 Å². The molecule has 2 heterocycles. The molecule has 2 amide bonds. The summed E-state index contributed by atoms with van der Waals surface area (Å²) in [6, 6.07) is 11.6. The summed E-state index contributed by atoms with van der Waals surface area (Å²) in [5.74, 6) is -0.276. The summed E-state index contributed by atoms with van der Waals surface area (Å²) in [7, 11) is 1.55. The molecule has 34 heavy (non-hydrogen) atoms. The van der Waals surface area contributed by atoms with Crippen molar-refractivity contribution in [3.63, 3.8) is 0 Å². The number of aromatic nitrogens is 2. The van der Waals surface area contributed by atoms with Crippen molar-refractivity contribution in [3.05, 3.63) is 65.0 Å². The lowest BCUT2D eigenvalue weighted by molar-refractivity contribution is 0.0429. The number of rotatable bonds is 6. The van der Waals surface area contributed by atoms with Crippen LogP contribution in [0, 0.1) is 0 Å². The number of nitrogens with zero attached hydrogens (tertiary/aromatic N) is 3. The Hall–Kier alpha value is -4.01. The molecule has 2 aromatic carbocycles. The van der Waals surface area contributed by atoms with Crippen molar-refractivity contribution in [2.24, 2.45) is 0 Å². The molecular formula is C25H23N3O6. The summed E-state index contributed by atoms with van der Waals surface area (Å²) in [6.07, 6.45) is 4.77. The quantitative estimate of drug-likeness (QED) is 0.400. The SMILES string of the molecule is COc1ccccc1-c1noc(COC(=O)c2ccc3c(c2)C(=O)N(C2CCCCC2)C3=O)n1. The first kappa shape index (κ1) is 21.8. The van der Waals surface area contributed by atoms with E-state index >= 15 is 0 Å². The van der Waals surface area contributed by atoms with Crippen molar-refractivity contribution < 1.29 is 28.4 Å². The number of methoxy groups -OCH3 is 1. The summed E-state index contributed by atoms with van der Waals surface area (Å²) in [6.45, 7) is -0.237. The molecule has 5 rings (SSSR count). The maximum absolute atomic E-state index is 13.0. The van der Waals surface area contributed by atoms with Crippen LogP contribution in [0.15, 0.2) is 47.0 Å². The number of benzene rings is 2. The van der Waals surface area contributed by atoms with Gasteiger partial charge in [-0.1, -0.05) is 36.6 Å². The second kappa shape index (κ2) is 9.09. The van der Waals surface area contributed by atoms with Crippen LogP contribution in [0.25, 0.3) is 11.4 Å². The van der Waals surface area contributed by atoms with Crippen molar-refractivity contribution in [2.75, 3.05) is 7.11 Å². The average molecular weight is 461 g/mol. The van der Waals surface area contributed by atoms with Gasteiger partial charge in [0.25, 0.3) is 17.7 Å². The maximum atomic E-state index is 13.0. The zero-order chi connectivity index (χ0) is 23.7. The molecule has 1 aromatic heterocycles. The highest BCUT2D eigenvalue weighted by atomic mass is 16.6. The topological polar surface area (TPSA) is 112 Å². The molecule has 0 atom stereocenters. The van der Waals surface area contributed by atoms with Crippen LogP contribution >= 0.6 is 0 Å². The summed E-state index contributed by atoms with van der Waals surface area (Å²) in [5, 5.41) is 3.92. The largest absolute Gasteiger partial charge is 0.496 e. The number of carbonyl (C=O) groups excluding carboxylic acids is 3. The third-order valence-electron chi connectivity index (χ3n) is 6.24. The highest BCUT2D eigenvalue weighted by Gasteiger charge is 2.40. The molecule has 9 nitrogen and oxygen atoms in total. The summed E-state index contributed by atoms with van der Waals surface area (Å²) in [4.78, 5) is 44.0.